The Kier molecular flexibility index (Phi) is 7.13. The van der Waals surface area contributed by atoms with Crippen molar-refractivity contribution in [3.63, 3.8) is 0 Å². The molecule has 150 valence electrons. The molecule has 0 spiro atoms. The van der Waals surface area contributed by atoms with Gasteiger partial charge in [0.25, 0.3) is 0 Å². The number of aliphatic imine (C=N–C) groups is 1. The molecule has 4 atom stereocenters. The van der Waals surface area contributed by atoms with Crippen molar-refractivity contribution in [2.45, 2.75) is 69.8 Å². The Morgan fingerprint density at radius 1 is 1.23 bits per heavy atom. The van der Waals surface area contributed by atoms with Gasteiger partial charge in [-0.25, -0.2) is 13.1 Å². The molecule has 3 saturated heterocycles. The maximum absolute atomic E-state index is 12.2. The Morgan fingerprint density at radius 2 is 2.12 bits per heavy atom. The molecule has 3 aliphatic rings. The molecule has 0 aromatic carbocycles. The van der Waals surface area contributed by atoms with Crippen molar-refractivity contribution in [1.29, 1.82) is 0 Å². The van der Waals surface area contributed by atoms with Gasteiger partial charge in [-0.05, 0) is 45.4 Å². The molecule has 0 saturated carbocycles. The van der Waals surface area contributed by atoms with Crippen LogP contribution in [-0.2, 0) is 19.5 Å². The van der Waals surface area contributed by atoms with E-state index in [1.165, 1.54) is 0 Å². The van der Waals surface area contributed by atoms with Crippen LogP contribution in [0.25, 0.3) is 0 Å². The summed E-state index contributed by atoms with van der Waals surface area (Å²) in [6, 6.07) is 0.268. The predicted molar refractivity (Wildman–Crippen MR) is 101 cm³/mol. The average molecular weight is 389 g/mol. The maximum atomic E-state index is 12.2. The molecule has 0 radical (unpaired) electrons. The Labute approximate surface area is 156 Å². The quantitative estimate of drug-likeness (QED) is 0.410. The minimum Gasteiger partial charge on any atom is -0.377 e. The molecule has 3 heterocycles. The normalized spacial score (nSPS) is 32.0. The Balaban J connectivity index is 1.43. The van der Waals surface area contributed by atoms with Crippen LogP contribution in [0.2, 0.25) is 0 Å². The smallest absolute Gasteiger partial charge is 0.213 e. The van der Waals surface area contributed by atoms with Gasteiger partial charge in [0, 0.05) is 19.7 Å². The van der Waals surface area contributed by atoms with E-state index >= 15 is 0 Å². The van der Waals surface area contributed by atoms with Crippen LogP contribution in [0.1, 0.15) is 45.4 Å². The molecular weight excluding hydrogens is 356 g/mol. The Bertz CT molecular complexity index is 577. The van der Waals surface area contributed by atoms with Crippen LogP contribution in [0.3, 0.4) is 0 Å². The maximum Gasteiger partial charge on any atom is 0.213 e. The lowest BCUT2D eigenvalue weighted by Crippen LogP contribution is -2.47. The summed E-state index contributed by atoms with van der Waals surface area (Å²) < 4.78 is 38.4. The standard InChI is InChI=1S/C17H32N4O4S/c1-2-18-17(21-15-11-13-6-7-16(15)25-13)19-8-10-26(22,23)20-12-14-5-3-4-9-24-14/h13-16,20H,2-12H2,1H3,(H2,18,19,21). The van der Waals surface area contributed by atoms with E-state index in [0.717, 1.165) is 51.7 Å². The largest absolute Gasteiger partial charge is 0.377 e. The zero-order chi connectivity index (χ0) is 18.4. The highest BCUT2D eigenvalue weighted by Gasteiger charge is 2.41. The van der Waals surface area contributed by atoms with Gasteiger partial charge in [0.1, 0.15) is 0 Å². The summed E-state index contributed by atoms with van der Waals surface area (Å²) in [7, 11) is -3.34. The number of sulfonamides is 1. The molecule has 3 N–H and O–H groups in total. The van der Waals surface area contributed by atoms with Crippen molar-refractivity contribution in [2.75, 3.05) is 32.0 Å². The SMILES string of the molecule is CCNC(=NCCS(=O)(=O)NCC1CCCCO1)NC1CC2CCC1O2. The number of fused-ring (bicyclic) bond motifs is 2. The summed E-state index contributed by atoms with van der Waals surface area (Å²) in [5.74, 6) is 0.642. The predicted octanol–water partition coefficient (Wildman–Crippen LogP) is 0.350. The molecule has 3 rings (SSSR count). The molecule has 26 heavy (non-hydrogen) atoms. The summed E-state index contributed by atoms with van der Waals surface area (Å²) in [5.41, 5.74) is 0. The summed E-state index contributed by atoms with van der Waals surface area (Å²) in [5, 5.41) is 6.58. The van der Waals surface area contributed by atoms with E-state index in [-0.39, 0.29) is 30.5 Å². The molecule has 3 fully saturated rings. The van der Waals surface area contributed by atoms with E-state index in [0.29, 0.717) is 18.6 Å². The van der Waals surface area contributed by atoms with E-state index in [1.807, 2.05) is 6.92 Å². The van der Waals surface area contributed by atoms with Crippen molar-refractivity contribution < 1.29 is 17.9 Å². The minimum absolute atomic E-state index is 0.00111. The third-order valence-electron chi connectivity index (χ3n) is 5.21. The third-order valence-corrected chi connectivity index (χ3v) is 6.53. The van der Waals surface area contributed by atoms with Crippen LogP contribution in [0.4, 0.5) is 0 Å². The first-order valence-corrected chi connectivity index (χ1v) is 11.5. The van der Waals surface area contributed by atoms with Gasteiger partial charge < -0.3 is 20.1 Å². The molecule has 9 heteroatoms. The number of hydrogen-bond donors (Lipinski definition) is 3. The van der Waals surface area contributed by atoms with Crippen molar-refractivity contribution >= 4 is 16.0 Å². The second-order valence-corrected chi connectivity index (χ2v) is 9.20. The molecular formula is C17H32N4O4S. The van der Waals surface area contributed by atoms with E-state index in [9.17, 15) is 8.42 Å². The molecule has 0 amide bonds. The second-order valence-electron chi connectivity index (χ2n) is 7.28. The van der Waals surface area contributed by atoms with Crippen molar-refractivity contribution in [1.82, 2.24) is 15.4 Å². The van der Waals surface area contributed by atoms with Crippen LogP contribution in [0.15, 0.2) is 4.99 Å². The lowest BCUT2D eigenvalue weighted by molar-refractivity contribution is 0.0200. The Morgan fingerprint density at radius 3 is 2.77 bits per heavy atom. The third kappa shape index (κ3) is 5.80. The van der Waals surface area contributed by atoms with E-state index in [2.05, 4.69) is 20.3 Å². The lowest BCUT2D eigenvalue weighted by atomic mass is 9.96. The van der Waals surface area contributed by atoms with Crippen molar-refractivity contribution in [2.24, 2.45) is 4.99 Å². The lowest BCUT2D eigenvalue weighted by Gasteiger charge is -2.23. The van der Waals surface area contributed by atoms with Crippen LogP contribution < -0.4 is 15.4 Å². The monoisotopic (exact) mass is 388 g/mol. The molecule has 2 bridgehead atoms. The molecule has 0 aromatic heterocycles. The highest BCUT2D eigenvalue weighted by Crippen LogP contribution is 2.34. The zero-order valence-electron chi connectivity index (χ0n) is 15.6. The zero-order valence-corrected chi connectivity index (χ0v) is 16.4. The summed E-state index contributed by atoms with van der Waals surface area (Å²) in [4.78, 5) is 4.43. The first-order valence-electron chi connectivity index (χ1n) is 9.85. The fourth-order valence-electron chi connectivity index (χ4n) is 3.82. The van der Waals surface area contributed by atoms with E-state index < -0.39 is 10.0 Å². The van der Waals surface area contributed by atoms with Crippen molar-refractivity contribution in [3.05, 3.63) is 0 Å². The van der Waals surface area contributed by atoms with Crippen LogP contribution in [-0.4, -0.2) is 70.7 Å². The van der Waals surface area contributed by atoms with Crippen LogP contribution in [0, 0.1) is 0 Å². The van der Waals surface area contributed by atoms with Gasteiger partial charge in [-0.2, -0.15) is 0 Å². The van der Waals surface area contributed by atoms with Gasteiger partial charge in [-0.15, -0.1) is 0 Å². The first kappa shape index (κ1) is 19.9. The topological polar surface area (TPSA) is 101 Å². The number of hydrogen-bond acceptors (Lipinski definition) is 5. The summed E-state index contributed by atoms with van der Waals surface area (Å²) >= 11 is 0. The number of guanidine groups is 1. The van der Waals surface area contributed by atoms with Gasteiger partial charge in [-0.1, -0.05) is 0 Å². The van der Waals surface area contributed by atoms with Gasteiger partial charge in [-0.3, -0.25) is 4.99 Å². The van der Waals surface area contributed by atoms with Gasteiger partial charge in [0.2, 0.25) is 10.0 Å². The van der Waals surface area contributed by atoms with Crippen LogP contribution >= 0.6 is 0 Å². The number of nitrogens with zero attached hydrogens (tertiary/aromatic N) is 1. The van der Waals surface area contributed by atoms with Gasteiger partial charge in [0.05, 0.1) is 36.7 Å². The average Bonchev–Trinajstić information content (AvgIpc) is 3.24. The fraction of sp³-hybridized carbons (Fsp3) is 0.941. The molecule has 0 aliphatic carbocycles. The highest BCUT2D eigenvalue weighted by molar-refractivity contribution is 7.89. The summed E-state index contributed by atoms with van der Waals surface area (Å²) in [6.45, 7) is 4.03. The van der Waals surface area contributed by atoms with Crippen molar-refractivity contribution in [3.8, 4) is 0 Å². The van der Waals surface area contributed by atoms with E-state index in [4.69, 9.17) is 9.47 Å². The molecule has 4 unspecified atom stereocenters. The first-order chi connectivity index (χ1) is 12.6. The Hall–Kier alpha value is -0.900. The summed E-state index contributed by atoms with van der Waals surface area (Å²) in [6.07, 6.45) is 6.92. The molecule has 0 aromatic rings. The highest BCUT2D eigenvalue weighted by atomic mass is 32.2. The van der Waals surface area contributed by atoms with Gasteiger partial charge in [0.15, 0.2) is 5.96 Å². The molecule has 3 aliphatic heterocycles. The minimum atomic E-state index is -3.34. The fourth-order valence-corrected chi connectivity index (χ4v) is 4.74. The molecule has 8 nitrogen and oxygen atoms in total. The number of rotatable bonds is 8. The second kappa shape index (κ2) is 9.34. The number of ether oxygens (including phenoxy) is 2. The van der Waals surface area contributed by atoms with E-state index in [1.54, 1.807) is 0 Å². The van der Waals surface area contributed by atoms with Crippen LogP contribution in [0.5, 0.6) is 0 Å². The van der Waals surface area contributed by atoms with Gasteiger partial charge >= 0.3 is 0 Å². The number of nitrogens with one attached hydrogen (secondary N) is 3.